The van der Waals surface area contributed by atoms with E-state index >= 15 is 0 Å². The largest absolute Gasteiger partial charge is 0.495 e. The van der Waals surface area contributed by atoms with Crippen molar-refractivity contribution in [3.05, 3.63) is 52.5 Å². The van der Waals surface area contributed by atoms with Crippen molar-refractivity contribution in [1.29, 1.82) is 0 Å². The number of anilines is 1. The van der Waals surface area contributed by atoms with Crippen LogP contribution in [0.25, 0.3) is 0 Å². The number of rotatable bonds is 5. The zero-order valence-corrected chi connectivity index (χ0v) is 16.0. The fourth-order valence-electron chi connectivity index (χ4n) is 2.87. The Kier molecular flexibility index (Phi) is 6.12. The predicted molar refractivity (Wildman–Crippen MR) is 104 cm³/mol. The van der Waals surface area contributed by atoms with Crippen molar-refractivity contribution in [3.8, 4) is 11.5 Å². The maximum Gasteiger partial charge on any atom is 0.260 e. The van der Waals surface area contributed by atoms with Gasteiger partial charge in [0.25, 0.3) is 5.91 Å². The molecule has 2 aromatic rings. The molecule has 0 saturated carbocycles. The predicted octanol–water partition coefficient (Wildman–Crippen LogP) is 3.73. The zero-order chi connectivity index (χ0) is 18.5. The summed E-state index contributed by atoms with van der Waals surface area (Å²) in [6.07, 6.45) is 0. The molecule has 0 atom stereocenters. The Morgan fingerprint density at radius 2 is 1.65 bits per heavy atom. The molecule has 0 aromatic heterocycles. The number of amides is 1. The Labute approximate surface area is 163 Å². The van der Waals surface area contributed by atoms with Crippen LogP contribution in [0.3, 0.4) is 0 Å². The molecule has 0 spiro atoms. The third-order valence-electron chi connectivity index (χ3n) is 4.29. The Balaban J connectivity index is 1.54. The van der Waals surface area contributed by atoms with Crippen LogP contribution >= 0.6 is 23.2 Å². The first-order valence-electron chi connectivity index (χ1n) is 8.31. The molecule has 0 radical (unpaired) electrons. The highest BCUT2D eigenvalue weighted by atomic mass is 35.5. The van der Waals surface area contributed by atoms with Gasteiger partial charge in [0.05, 0.1) is 12.8 Å². The van der Waals surface area contributed by atoms with Crippen LogP contribution in [0.4, 0.5) is 5.69 Å². The van der Waals surface area contributed by atoms with Crippen molar-refractivity contribution in [2.45, 2.75) is 0 Å². The van der Waals surface area contributed by atoms with E-state index in [1.165, 1.54) is 0 Å². The van der Waals surface area contributed by atoms with E-state index in [2.05, 4.69) is 4.90 Å². The van der Waals surface area contributed by atoms with E-state index in [1.807, 2.05) is 17.0 Å². The highest BCUT2D eigenvalue weighted by Gasteiger charge is 2.23. The minimum atomic E-state index is -0.0299. The van der Waals surface area contributed by atoms with Crippen LogP contribution in [0.2, 0.25) is 10.0 Å². The lowest BCUT2D eigenvalue weighted by Crippen LogP contribution is -2.50. The number of methoxy groups -OCH3 is 1. The molecule has 1 fully saturated rings. The summed E-state index contributed by atoms with van der Waals surface area (Å²) in [7, 11) is 1.64. The number of carbonyl (C=O) groups excluding carboxylic acids is 1. The van der Waals surface area contributed by atoms with Gasteiger partial charge >= 0.3 is 0 Å². The van der Waals surface area contributed by atoms with Gasteiger partial charge in [-0.25, -0.2) is 0 Å². The van der Waals surface area contributed by atoms with Crippen LogP contribution in [0.15, 0.2) is 42.5 Å². The Bertz CT molecular complexity index is 760. The molecule has 0 aliphatic carbocycles. The lowest BCUT2D eigenvalue weighted by atomic mass is 10.2. The molecule has 0 bridgehead atoms. The van der Waals surface area contributed by atoms with Gasteiger partial charge in [-0.15, -0.1) is 0 Å². The lowest BCUT2D eigenvalue weighted by Gasteiger charge is -2.36. The molecule has 138 valence electrons. The maximum atomic E-state index is 12.4. The summed E-state index contributed by atoms with van der Waals surface area (Å²) in [5.41, 5.74) is 0.949. The van der Waals surface area contributed by atoms with Crippen LogP contribution < -0.4 is 14.4 Å². The number of nitrogens with zero attached hydrogens (tertiary/aromatic N) is 2. The monoisotopic (exact) mass is 394 g/mol. The number of piperazine rings is 1. The first-order valence-corrected chi connectivity index (χ1v) is 9.07. The zero-order valence-electron chi connectivity index (χ0n) is 14.5. The van der Waals surface area contributed by atoms with Gasteiger partial charge in [0.15, 0.2) is 6.61 Å². The minimum Gasteiger partial charge on any atom is -0.495 e. The van der Waals surface area contributed by atoms with Crippen molar-refractivity contribution in [1.82, 2.24) is 4.90 Å². The molecule has 1 aliphatic rings. The molecule has 2 aromatic carbocycles. The molecule has 1 saturated heterocycles. The van der Waals surface area contributed by atoms with Gasteiger partial charge < -0.3 is 19.3 Å². The van der Waals surface area contributed by atoms with Crippen LogP contribution in [0.1, 0.15) is 0 Å². The average Bonchev–Trinajstić information content (AvgIpc) is 2.67. The van der Waals surface area contributed by atoms with Gasteiger partial charge in [0, 0.05) is 36.2 Å². The van der Waals surface area contributed by atoms with Crippen molar-refractivity contribution in [2.75, 3.05) is 44.8 Å². The standard InChI is InChI=1S/C19H20Cl2N2O3/c1-25-18-7-4-15(21)12-17(18)22-8-10-23(11-9-22)19(24)13-26-16-5-2-14(20)3-6-16/h2-7,12H,8-11,13H2,1H3. The molecular weight excluding hydrogens is 375 g/mol. The topological polar surface area (TPSA) is 42.0 Å². The van der Waals surface area contributed by atoms with Crippen molar-refractivity contribution in [2.24, 2.45) is 0 Å². The lowest BCUT2D eigenvalue weighted by molar-refractivity contribution is -0.133. The van der Waals surface area contributed by atoms with Crippen LogP contribution in [0.5, 0.6) is 11.5 Å². The van der Waals surface area contributed by atoms with E-state index < -0.39 is 0 Å². The van der Waals surface area contributed by atoms with E-state index in [-0.39, 0.29) is 12.5 Å². The molecule has 5 nitrogen and oxygen atoms in total. The second-order valence-electron chi connectivity index (χ2n) is 5.93. The molecule has 7 heteroatoms. The number of hydrogen-bond acceptors (Lipinski definition) is 4. The molecule has 0 N–H and O–H groups in total. The van der Waals surface area contributed by atoms with Gasteiger partial charge in [-0.2, -0.15) is 0 Å². The Morgan fingerprint density at radius 3 is 2.31 bits per heavy atom. The van der Waals surface area contributed by atoms with Crippen LogP contribution in [-0.2, 0) is 4.79 Å². The summed E-state index contributed by atoms with van der Waals surface area (Å²) in [6.45, 7) is 2.69. The Hall–Kier alpha value is -2.11. The smallest absolute Gasteiger partial charge is 0.260 e. The molecular formula is C19H20Cl2N2O3. The van der Waals surface area contributed by atoms with E-state index in [1.54, 1.807) is 37.4 Å². The summed E-state index contributed by atoms with van der Waals surface area (Å²) in [6, 6.07) is 12.5. The number of ether oxygens (including phenoxy) is 2. The molecule has 3 rings (SSSR count). The first kappa shape index (κ1) is 18.7. The van der Waals surface area contributed by atoms with Crippen molar-refractivity contribution < 1.29 is 14.3 Å². The van der Waals surface area contributed by atoms with E-state index in [0.29, 0.717) is 42.0 Å². The third-order valence-corrected chi connectivity index (χ3v) is 4.78. The second-order valence-corrected chi connectivity index (χ2v) is 6.80. The number of halogens is 2. The fraction of sp³-hybridized carbons (Fsp3) is 0.316. The highest BCUT2D eigenvalue weighted by molar-refractivity contribution is 6.31. The summed E-state index contributed by atoms with van der Waals surface area (Å²) < 4.78 is 11.0. The van der Waals surface area contributed by atoms with Crippen molar-refractivity contribution in [3.63, 3.8) is 0 Å². The highest BCUT2D eigenvalue weighted by Crippen LogP contribution is 2.31. The van der Waals surface area contributed by atoms with Crippen LogP contribution in [0, 0.1) is 0 Å². The van der Waals surface area contributed by atoms with Gasteiger partial charge in [0.1, 0.15) is 11.5 Å². The molecule has 1 amide bonds. The SMILES string of the molecule is COc1ccc(Cl)cc1N1CCN(C(=O)COc2ccc(Cl)cc2)CC1. The molecule has 1 aliphatic heterocycles. The van der Waals surface area contributed by atoms with Crippen LogP contribution in [-0.4, -0.2) is 50.7 Å². The van der Waals surface area contributed by atoms with Crippen molar-refractivity contribution >= 4 is 34.8 Å². The summed E-state index contributed by atoms with van der Waals surface area (Å²) >= 11 is 11.9. The van der Waals surface area contributed by atoms with E-state index in [9.17, 15) is 4.79 Å². The molecule has 26 heavy (non-hydrogen) atoms. The van der Waals surface area contributed by atoms with E-state index in [4.69, 9.17) is 32.7 Å². The second kappa shape index (κ2) is 8.52. The summed E-state index contributed by atoms with van der Waals surface area (Å²) in [5.74, 6) is 1.38. The minimum absolute atomic E-state index is 0.0160. The van der Waals surface area contributed by atoms with Gasteiger partial charge in [-0.3, -0.25) is 4.79 Å². The first-order chi connectivity index (χ1) is 12.6. The fourth-order valence-corrected chi connectivity index (χ4v) is 3.17. The van der Waals surface area contributed by atoms with E-state index in [0.717, 1.165) is 11.4 Å². The maximum absolute atomic E-state index is 12.4. The Morgan fingerprint density at radius 1 is 1.00 bits per heavy atom. The summed E-state index contributed by atoms with van der Waals surface area (Å²) in [4.78, 5) is 16.4. The number of hydrogen-bond donors (Lipinski definition) is 0. The van der Waals surface area contributed by atoms with Gasteiger partial charge in [0.2, 0.25) is 0 Å². The number of benzene rings is 2. The average molecular weight is 395 g/mol. The quantitative estimate of drug-likeness (QED) is 0.774. The third kappa shape index (κ3) is 4.54. The normalized spacial score (nSPS) is 14.3. The molecule has 1 heterocycles. The van der Waals surface area contributed by atoms with Gasteiger partial charge in [-0.1, -0.05) is 23.2 Å². The molecule has 0 unspecified atom stereocenters. The van der Waals surface area contributed by atoms with Gasteiger partial charge in [-0.05, 0) is 42.5 Å². The number of carbonyl (C=O) groups is 1. The summed E-state index contributed by atoms with van der Waals surface area (Å²) in [5, 5.41) is 1.30.